The number of hydrogen-bond donors (Lipinski definition) is 0. The Bertz CT molecular complexity index is 307. The second kappa shape index (κ2) is 6.32. The average Bonchev–Trinajstić information content (AvgIpc) is 2.55. The van der Waals surface area contributed by atoms with Crippen LogP contribution in [0.25, 0.3) is 0 Å². The van der Waals surface area contributed by atoms with Crippen LogP contribution in [0.1, 0.15) is 47.0 Å². The number of hydrogen-bond acceptors (Lipinski definition) is 3. The SMILES string of the molecule is CCCCOCCN1C(=O)CC(C(C)(C)C)C1=O. The van der Waals surface area contributed by atoms with Crippen LogP contribution in [-0.4, -0.2) is 36.5 Å². The zero-order valence-electron chi connectivity index (χ0n) is 12.0. The van der Waals surface area contributed by atoms with Gasteiger partial charge in [0.05, 0.1) is 19.1 Å². The highest BCUT2D eigenvalue weighted by molar-refractivity contribution is 6.03. The van der Waals surface area contributed by atoms with E-state index in [1.165, 1.54) is 4.90 Å². The van der Waals surface area contributed by atoms with Crippen LogP contribution in [0.3, 0.4) is 0 Å². The monoisotopic (exact) mass is 255 g/mol. The number of carbonyl (C=O) groups excluding carboxylic acids is 2. The summed E-state index contributed by atoms with van der Waals surface area (Å²) in [6, 6.07) is 0. The Kier molecular flexibility index (Phi) is 5.32. The highest BCUT2D eigenvalue weighted by Gasteiger charge is 2.44. The van der Waals surface area contributed by atoms with Gasteiger partial charge in [-0.05, 0) is 11.8 Å². The summed E-state index contributed by atoms with van der Waals surface area (Å²) in [5, 5.41) is 0. The second-order valence-corrected chi connectivity index (χ2v) is 5.97. The van der Waals surface area contributed by atoms with Crippen molar-refractivity contribution in [3.8, 4) is 0 Å². The van der Waals surface area contributed by atoms with E-state index in [1.54, 1.807) is 0 Å². The van der Waals surface area contributed by atoms with Crippen LogP contribution in [0.4, 0.5) is 0 Å². The molecule has 0 aromatic carbocycles. The maximum Gasteiger partial charge on any atom is 0.233 e. The molecule has 2 amide bonds. The van der Waals surface area contributed by atoms with Crippen molar-refractivity contribution in [1.82, 2.24) is 4.90 Å². The molecule has 0 saturated carbocycles. The molecule has 4 heteroatoms. The Balaban J connectivity index is 2.43. The van der Waals surface area contributed by atoms with Crippen LogP contribution < -0.4 is 0 Å². The van der Waals surface area contributed by atoms with Gasteiger partial charge in [-0.2, -0.15) is 0 Å². The Morgan fingerprint density at radius 3 is 2.44 bits per heavy atom. The third-order valence-corrected chi connectivity index (χ3v) is 3.39. The molecule has 0 bridgehead atoms. The molecule has 0 N–H and O–H groups in total. The summed E-state index contributed by atoms with van der Waals surface area (Å²) in [6.07, 6.45) is 2.46. The van der Waals surface area contributed by atoms with Crippen molar-refractivity contribution in [2.24, 2.45) is 11.3 Å². The number of rotatable bonds is 6. The first-order chi connectivity index (χ1) is 8.38. The fourth-order valence-corrected chi connectivity index (χ4v) is 2.10. The van der Waals surface area contributed by atoms with Gasteiger partial charge in [0.2, 0.25) is 11.8 Å². The lowest BCUT2D eigenvalue weighted by molar-refractivity contribution is -0.141. The molecule has 0 aromatic rings. The molecule has 0 aliphatic carbocycles. The molecular formula is C14H25NO3. The minimum absolute atomic E-state index is 0.0356. The molecule has 1 atom stereocenters. The van der Waals surface area contributed by atoms with E-state index in [4.69, 9.17) is 4.74 Å². The molecule has 104 valence electrons. The molecule has 1 aliphatic heterocycles. The van der Waals surface area contributed by atoms with Gasteiger partial charge >= 0.3 is 0 Å². The molecule has 0 spiro atoms. The van der Waals surface area contributed by atoms with Gasteiger partial charge in [0.25, 0.3) is 0 Å². The zero-order valence-corrected chi connectivity index (χ0v) is 12.0. The summed E-state index contributed by atoms with van der Waals surface area (Å²) in [5.41, 5.74) is -0.148. The molecule has 1 aliphatic rings. The quantitative estimate of drug-likeness (QED) is 0.540. The van der Waals surface area contributed by atoms with Gasteiger partial charge in [-0.1, -0.05) is 34.1 Å². The molecule has 1 rings (SSSR count). The zero-order chi connectivity index (χ0) is 13.8. The van der Waals surface area contributed by atoms with Crippen molar-refractivity contribution in [1.29, 1.82) is 0 Å². The van der Waals surface area contributed by atoms with Crippen LogP contribution in [0, 0.1) is 11.3 Å². The van der Waals surface area contributed by atoms with Crippen molar-refractivity contribution < 1.29 is 14.3 Å². The number of likely N-dealkylation sites (tertiary alicyclic amines) is 1. The summed E-state index contributed by atoms with van der Waals surface area (Å²) < 4.78 is 5.41. The van der Waals surface area contributed by atoms with Crippen LogP contribution in [-0.2, 0) is 14.3 Å². The third-order valence-electron chi connectivity index (χ3n) is 3.39. The lowest BCUT2D eigenvalue weighted by Gasteiger charge is -2.24. The van der Waals surface area contributed by atoms with E-state index in [0.717, 1.165) is 12.8 Å². The van der Waals surface area contributed by atoms with Crippen molar-refractivity contribution in [2.45, 2.75) is 47.0 Å². The van der Waals surface area contributed by atoms with E-state index in [2.05, 4.69) is 6.92 Å². The van der Waals surface area contributed by atoms with E-state index in [0.29, 0.717) is 26.2 Å². The highest BCUT2D eigenvalue weighted by Crippen LogP contribution is 2.35. The molecular weight excluding hydrogens is 230 g/mol. The molecule has 1 fully saturated rings. The fourth-order valence-electron chi connectivity index (χ4n) is 2.10. The summed E-state index contributed by atoms with van der Waals surface area (Å²) in [6.45, 7) is 9.67. The number of ether oxygens (including phenoxy) is 1. The van der Waals surface area contributed by atoms with Crippen LogP contribution >= 0.6 is 0 Å². The van der Waals surface area contributed by atoms with Crippen LogP contribution in [0.5, 0.6) is 0 Å². The van der Waals surface area contributed by atoms with E-state index in [9.17, 15) is 9.59 Å². The maximum absolute atomic E-state index is 12.1. The lowest BCUT2D eigenvalue weighted by Crippen LogP contribution is -2.36. The normalized spacial score (nSPS) is 20.9. The molecule has 4 nitrogen and oxygen atoms in total. The van der Waals surface area contributed by atoms with E-state index in [1.807, 2.05) is 20.8 Å². The second-order valence-electron chi connectivity index (χ2n) is 5.97. The Morgan fingerprint density at radius 2 is 1.94 bits per heavy atom. The van der Waals surface area contributed by atoms with E-state index < -0.39 is 0 Å². The molecule has 0 radical (unpaired) electrons. The number of amides is 2. The number of carbonyl (C=O) groups is 2. The number of nitrogens with zero attached hydrogens (tertiary/aromatic N) is 1. The summed E-state index contributed by atoms with van der Waals surface area (Å²) in [4.78, 5) is 25.3. The molecule has 1 heterocycles. The predicted molar refractivity (Wildman–Crippen MR) is 70.0 cm³/mol. The van der Waals surface area contributed by atoms with Gasteiger partial charge in [0.15, 0.2) is 0 Å². The van der Waals surface area contributed by atoms with Crippen molar-refractivity contribution >= 4 is 11.8 Å². The standard InChI is InChI=1S/C14H25NO3/c1-5-6-8-18-9-7-15-12(16)10-11(13(15)17)14(2,3)4/h11H,5-10H2,1-4H3. The van der Waals surface area contributed by atoms with Crippen molar-refractivity contribution in [3.05, 3.63) is 0 Å². The number of imide groups is 1. The van der Waals surface area contributed by atoms with Gasteiger partial charge in [-0.3, -0.25) is 14.5 Å². The van der Waals surface area contributed by atoms with Gasteiger partial charge in [0, 0.05) is 13.0 Å². The maximum atomic E-state index is 12.1. The fraction of sp³-hybridized carbons (Fsp3) is 0.857. The summed E-state index contributed by atoms with van der Waals surface area (Å²) >= 11 is 0. The topological polar surface area (TPSA) is 46.6 Å². The van der Waals surface area contributed by atoms with Crippen LogP contribution in [0.15, 0.2) is 0 Å². The van der Waals surface area contributed by atoms with E-state index >= 15 is 0 Å². The first-order valence-electron chi connectivity index (χ1n) is 6.80. The predicted octanol–water partition coefficient (Wildman–Crippen LogP) is 2.22. The van der Waals surface area contributed by atoms with Gasteiger partial charge in [-0.15, -0.1) is 0 Å². The van der Waals surface area contributed by atoms with Gasteiger partial charge in [0.1, 0.15) is 0 Å². The largest absolute Gasteiger partial charge is 0.380 e. The highest BCUT2D eigenvalue weighted by atomic mass is 16.5. The van der Waals surface area contributed by atoms with Crippen LogP contribution in [0.2, 0.25) is 0 Å². The third kappa shape index (κ3) is 3.80. The Hall–Kier alpha value is -0.900. The first-order valence-corrected chi connectivity index (χ1v) is 6.80. The smallest absolute Gasteiger partial charge is 0.233 e. The number of unbranched alkanes of at least 4 members (excludes halogenated alkanes) is 1. The molecule has 18 heavy (non-hydrogen) atoms. The summed E-state index contributed by atoms with van der Waals surface area (Å²) in [7, 11) is 0. The minimum Gasteiger partial charge on any atom is -0.380 e. The Morgan fingerprint density at radius 1 is 1.28 bits per heavy atom. The van der Waals surface area contributed by atoms with Gasteiger partial charge in [-0.25, -0.2) is 0 Å². The van der Waals surface area contributed by atoms with Gasteiger partial charge < -0.3 is 4.74 Å². The molecule has 1 saturated heterocycles. The van der Waals surface area contributed by atoms with Crippen molar-refractivity contribution in [2.75, 3.05) is 19.8 Å². The molecule has 0 aromatic heterocycles. The van der Waals surface area contributed by atoms with E-state index in [-0.39, 0.29) is 23.1 Å². The average molecular weight is 255 g/mol. The van der Waals surface area contributed by atoms with Crippen molar-refractivity contribution in [3.63, 3.8) is 0 Å². The summed E-state index contributed by atoms with van der Waals surface area (Å²) in [5.74, 6) is -0.272. The first kappa shape index (κ1) is 15.2. The lowest BCUT2D eigenvalue weighted by atomic mass is 9.80. The minimum atomic E-state index is -0.180. The molecule has 1 unspecified atom stereocenters. The Labute approximate surface area is 110 Å².